The lowest BCUT2D eigenvalue weighted by Crippen LogP contribution is -2.19. The number of hydrogen-bond acceptors (Lipinski definition) is 5. The number of carbonyl (C=O) groups is 3. The number of aryl methyl sites for hydroxylation is 1. The van der Waals surface area contributed by atoms with Crippen LogP contribution in [-0.4, -0.2) is 29.5 Å². The van der Waals surface area contributed by atoms with Gasteiger partial charge in [0, 0.05) is 11.3 Å². The topological polar surface area (TPSA) is 105 Å². The van der Waals surface area contributed by atoms with Crippen LogP contribution in [0.15, 0.2) is 24.3 Å². The second-order valence-electron chi connectivity index (χ2n) is 7.09. The van der Waals surface area contributed by atoms with Crippen molar-refractivity contribution in [2.45, 2.75) is 51.9 Å². The minimum atomic E-state index is -1.03. The second-order valence-corrected chi connectivity index (χ2v) is 8.20. The van der Waals surface area contributed by atoms with Gasteiger partial charge < -0.3 is 20.5 Å². The summed E-state index contributed by atoms with van der Waals surface area (Å²) in [5.41, 5.74) is 2.03. The van der Waals surface area contributed by atoms with E-state index in [4.69, 9.17) is 9.84 Å². The van der Waals surface area contributed by atoms with Crippen molar-refractivity contribution in [3.8, 4) is 5.75 Å². The first-order valence-electron chi connectivity index (χ1n) is 10.2. The standard InChI is InChI=1S/C22H26N2O5S/c1-2-29-16-10-7-6-9-15(16)23-21(28)20-14-8-4-3-5-11-17(14)30-22(20)24-18(25)12-13-19(26)27/h6-7,9-10H,2-5,8,11-13H2,1H3,(H,23,28)(H,24,25)(H,26,27). The number of carboxylic acid groups (broad SMARTS) is 1. The molecule has 1 aliphatic rings. The minimum absolute atomic E-state index is 0.133. The van der Waals surface area contributed by atoms with Crippen LogP contribution in [0.4, 0.5) is 10.7 Å². The van der Waals surface area contributed by atoms with Crippen molar-refractivity contribution in [1.29, 1.82) is 0 Å². The third-order valence-electron chi connectivity index (χ3n) is 4.90. The molecule has 1 aromatic carbocycles. The summed E-state index contributed by atoms with van der Waals surface area (Å²) in [6.45, 7) is 2.35. The van der Waals surface area contributed by atoms with E-state index in [9.17, 15) is 14.4 Å². The molecule has 0 fully saturated rings. The Morgan fingerprint density at radius 3 is 2.60 bits per heavy atom. The average molecular weight is 431 g/mol. The molecule has 0 aliphatic heterocycles. The van der Waals surface area contributed by atoms with Crippen molar-refractivity contribution >= 4 is 39.8 Å². The highest BCUT2D eigenvalue weighted by atomic mass is 32.1. The van der Waals surface area contributed by atoms with E-state index in [2.05, 4.69) is 10.6 Å². The number of fused-ring (bicyclic) bond motifs is 1. The van der Waals surface area contributed by atoms with Gasteiger partial charge in [-0.1, -0.05) is 18.6 Å². The third-order valence-corrected chi connectivity index (χ3v) is 6.11. The van der Waals surface area contributed by atoms with Gasteiger partial charge in [-0.3, -0.25) is 14.4 Å². The Morgan fingerprint density at radius 2 is 1.83 bits per heavy atom. The summed E-state index contributed by atoms with van der Waals surface area (Å²) in [6, 6.07) is 7.23. The molecule has 3 rings (SSSR count). The van der Waals surface area contributed by atoms with E-state index >= 15 is 0 Å². The predicted octanol–water partition coefficient (Wildman–Crippen LogP) is 4.47. The molecule has 1 aromatic heterocycles. The molecule has 3 N–H and O–H groups in total. The van der Waals surface area contributed by atoms with E-state index in [-0.39, 0.29) is 18.7 Å². The quantitative estimate of drug-likeness (QED) is 0.536. The largest absolute Gasteiger partial charge is 0.492 e. The van der Waals surface area contributed by atoms with Gasteiger partial charge >= 0.3 is 5.97 Å². The van der Waals surface area contributed by atoms with Crippen LogP contribution >= 0.6 is 11.3 Å². The fourth-order valence-corrected chi connectivity index (χ4v) is 4.82. The maximum absolute atomic E-state index is 13.3. The van der Waals surface area contributed by atoms with Gasteiger partial charge in [0.05, 0.1) is 24.3 Å². The van der Waals surface area contributed by atoms with Gasteiger partial charge in [0.1, 0.15) is 10.8 Å². The van der Waals surface area contributed by atoms with Crippen molar-refractivity contribution < 1.29 is 24.2 Å². The molecule has 7 nitrogen and oxygen atoms in total. The lowest BCUT2D eigenvalue weighted by molar-refractivity contribution is -0.138. The molecule has 0 unspecified atom stereocenters. The van der Waals surface area contributed by atoms with Gasteiger partial charge in [-0.2, -0.15) is 0 Å². The molecule has 30 heavy (non-hydrogen) atoms. The van der Waals surface area contributed by atoms with Crippen LogP contribution in [0.25, 0.3) is 0 Å². The molecule has 160 valence electrons. The molecule has 0 saturated carbocycles. The summed E-state index contributed by atoms with van der Waals surface area (Å²) < 4.78 is 5.60. The number of anilines is 2. The van der Waals surface area contributed by atoms with Crippen LogP contribution in [0.1, 0.15) is 59.8 Å². The van der Waals surface area contributed by atoms with E-state index in [1.165, 1.54) is 11.3 Å². The smallest absolute Gasteiger partial charge is 0.303 e. The lowest BCUT2D eigenvalue weighted by Gasteiger charge is -2.13. The average Bonchev–Trinajstić information content (AvgIpc) is 2.88. The minimum Gasteiger partial charge on any atom is -0.492 e. The summed E-state index contributed by atoms with van der Waals surface area (Å²) in [7, 11) is 0. The van der Waals surface area contributed by atoms with E-state index in [0.717, 1.165) is 42.5 Å². The van der Waals surface area contributed by atoms with Crippen LogP contribution in [0.5, 0.6) is 5.75 Å². The molecular weight excluding hydrogens is 404 g/mol. The zero-order valence-electron chi connectivity index (χ0n) is 17.0. The van der Waals surface area contributed by atoms with Gasteiger partial charge in [-0.15, -0.1) is 11.3 Å². The van der Waals surface area contributed by atoms with Crippen LogP contribution in [0, 0.1) is 0 Å². The number of amides is 2. The normalized spacial score (nSPS) is 13.1. The number of para-hydroxylation sites is 2. The van der Waals surface area contributed by atoms with Crippen molar-refractivity contribution in [2.24, 2.45) is 0 Å². The number of benzene rings is 1. The summed E-state index contributed by atoms with van der Waals surface area (Å²) in [5, 5.41) is 15.0. The fraction of sp³-hybridized carbons (Fsp3) is 0.409. The predicted molar refractivity (Wildman–Crippen MR) is 117 cm³/mol. The van der Waals surface area contributed by atoms with Crippen molar-refractivity contribution in [3.63, 3.8) is 0 Å². The van der Waals surface area contributed by atoms with E-state index < -0.39 is 11.9 Å². The number of aliphatic carboxylic acids is 1. The monoisotopic (exact) mass is 430 g/mol. The Hall–Kier alpha value is -2.87. The van der Waals surface area contributed by atoms with Gasteiger partial charge in [0.2, 0.25) is 5.91 Å². The number of hydrogen-bond donors (Lipinski definition) is 3. The first-order chi connectivity index (χ1) is 14.5. The Morgan fingerprint density at radius 1 is 1.07 bits per heavy atom. The molecule has 0 saturated heterocycles. The SMILES string of the molecule is CCOc1ccccc1NC(=O)c1c(NC(=O)CCC(=O)O)sc2c1CCCCC2. The van der Waals surface area contributed by atoms with Gasteiger partial charge in [-0.25, -0.2) is 0 Å². The zero-order chi connectivity index (χ0) is 21.5. The van der Waals surface area contributed by atoms with Gasteiger partial charge in [0.15, 0.2) is 0 Å². The molecule has 8 heteroatoms. The number of carboxylic acids is 1. The van der Waals surface area contributed by atoms with Crippen molar-refractivity contribution in [1.82, 2.24) is 0 Å². The Balaban J connectivity index is 1.89. The molecule has 0 radical (unpaired) electrons. The highest BCUT2D eigenvalue weighted by Crippen LogP contribution is 2.38. The molecule has 1 heterocycles. The Labute approximate surface area is 179 Å². The molecule has 1 aliphatic carbocycles. The fourth-order valence-electron chi connectivity index (χ4n) is 3.52. The molecular formula is C22H26N2O5S. The summed E-state index contributed by atoms with van der Waals surface area (Å²) in [4.78, 5) is 37.4. The van der Waals surface area contributed by atoms with Crippen LogP contribution < -0.4 is 15.4 Å². The second kappa shape index (κ2) is 10.2. The number of ether oxygens (including phenoxy) is 1. The summed E-state index contributed by atoms with van der Waals surface area (Å²) in [5.74, 6) is -1.15. The van der Waals surface area contributed by atoms with Crippen LogP contribution in [0.2, 0.25) is 0 Å². The number of carbonyl (C=O) groups excluding carboxylic acids is 2. The summed E-state index contributed by atoms with van der Waals surface area (Å²) >= 11 is 1.42. The highest BCUT2D eigenvalue weighted by Gasteiger charge is 2.26. The first-order valence-corrected chi connectivity index (χ1v) is 11.0. The third kappa shape index (κ3) is 5.38. The maximum atomic E-state index is 13.3. The Bertz CT molecular complexity index is 938. The van der Waals surface area contributed by atoms with Crippen molar-refractivity contribution in [2.75, 3.05) is 17.2 Å². The first kappa shape index (κ1) is 21.8. The van der Waals surface area contributed by atoms with Crippen molar-refractivity contribution in [3.05, 3.63) is 40.3 Å². The maximum Gasteiger partial charge on any atom is 0.303 e. The molecule has 0 atom stereocenters. The van der Waals surface area contributed by atoms with Crippen LogP contribution in [0.3, 0.4) is 0 Å². The van der Waals surface area contributed by atoms with Gasteiger partial charge in [-0.05, 0) is 50.3 Å². The number of rotatable bonds is 8. The van der Waals surface area contributed by atoms with E-state index in [0.29, 0.717) is 28.6 Å². The Kier molecular flexibility index (Phi) is 7.46. The molecule has 0 bridgehead atoms. The number of thiophene rings is 1. The van der Waals surface area contributed by atoms with Gasteiger partial charge in [0.25, 0.3) is 5.91 Å². The summed E-state index contributed by atoms with van der Waals surface area (Å²) in [6.07, 6.45) is 4.43. The van der Waals surface area contributed by atoms with Crippen LogP contribution in [-0.2, 0) is 22.4 Å². The molecule has 2 amide bonds. The van der Waals surface area contributed by atoms with E-state index in [1.807, 2.05) is 19.1 Å². The molecule has 0 spiro atoms. The zero-order valence-corrected chi connectivity index (χ0v) is 17.8. The molecule has 2 aromatic rings. The lowest BCUT2D eigenvalue weighted by atomic mass is 10.0. The van der Waals surface area contributed by atoms with E-state index in [1.54, 1.807) is 12.1 Å². The highest BCUT2D eigenvalue weighted by molar-refractivity contribution is 7.17. The number of nitrogens with one attached hydrogen (secondary N) is 2.